The summed E-state index contributed by atoms with van der Waals surface area (Å²) in [4.78, 5) is 0. The number of aliphatic hydroxyl groups excluding tert-OH is 1. The summed E-state index contributed by atoms with van der Waals surface area (Å²) in [5, 5.41) is 9.55. The number of benzene rings is 1. The maximum absolute atomic E-state index is 9.55. The van der Waals surface area contributed by atoms with E-state index in [-0.39, 0.29) is 29.9 Å². The van der Waals surface area contributed by atoms with Crippen molar-refractivity contribution in [2.24, 2.45) is 5.92 Å². The molecule has 154 valence electrons. The molecule has 0 fully saturated rings. The zero-order chi connectivity index (χ0) is 21.6. The molecule has 0 heterocycles. The number of hydrogen-bond donors (Lipinski definition) is 1. The van der Waals surface area contributed by atoms with E-state index in [1.165, 1.54) is 11.1 Å². The minimum absolute atomic E-state index is 0. The van der Waals surface area contributed by atoms with E-state index in [1.54, 1.807) is 21.3 Å². The molecule has 1 aromatic carbocycles. The Hall–Kier alpha value is -1.67. The minimum Gasteiger partial charge on any atom is 0 e. The van der Waals surface area contributed by atoms with Gasteiger partial charge in [-0.2, -0.15) is 0 Å². The van der Waals surface area contributed by atoms with Crippen molar-refractivity contribution >= 4 is 0 Å². The van der Waals surface area contributed by atoms with E-state index < -0.39 is 0 Å². The van der Waals surface area contributed by atoms with Gasteiger partial charge in [-0.25, -0.2) is 0 Å². The zero-order valence-electron chi connectivity index (χ0n) is 16.7. The summed E-state index contributed by atoms with van der Waals surface area (Å²) in [5.74, 6) is 3.08. The molecule has 1 aliphatic carbocycles. The smallest absolute Gasteiger partial charge is 0 e. The first-order chi connectivity index (χ1) is 13.1. The molecule has 0 aliphatic heterocycles. The molecule has 8 heteroatoms. The van der Waals surface area contributed by atoms with Gasteiger partial charge < -0.3 is 19.3 Å². The van der Waals surface area contributed by atoms with Crippen molar-refractivity contribution in [2.45, 2.75) is 38.5 Å². The van der Waals surface area contributed by atoms with E-state index in [4.69, 9.17) is 28.2 Å². The number of ether oxygens (including phenoxy) is 3. The van der Waals surface area contributed by atoms with Crippen molar-refractivity contribution in [3.8, 4) is 17.2 Å². The van der Waals surface area contributed by atoms with Crippen molar-refractivity contribution in [1.82, 2.24) is 0 Å². The van der Waals surface area contributed by atoms with Crippen molar-refractivity contribution in [1.29, 1.82) is 0 Å². The Morgan fingerprint density at radius 2 is 1.50 bits per heavy atom. The standard InChI is InChI=1S/C17H26O4.3CO.Cr/c1-10-6-7-12(11(2)9-18)13-8-14(19-3)16(20-4)17(21-5)15(10)13;3*1-2;/h8,10-12,18H,6-7,9H2,1-5H3;;;;/t10-,11-,12+;;;;/m0..../s1. The largest absolute Gasteiger partial charge is 0 e. The number of rotatable bonds is 5. The minimum atomic E-state index is 0. The second-order valence-corrected chi connectivity index (χ2v) is 5.89. The van der Waals surface area contributed by atoms with Gasteiger partial charge in [0.25, 0.3) is 0 Å². The van der Waals surface area contributed by atoms with Gasteiger partial charge >= 0.3 is 33.9 Å². The van der Waals surface area contributed by atoms with Gasteiger partial charge in [-0.15, -0.1) is 0 Å². The fourth-order valence-electron chi connectivity index (χ4n) is 3.46. The third-order valence-corrected chi connectivity index (χ3v) is 4.68. The molecule has 0 bridgehead atoms. The molecule has 0 spiro atoms. The quantitative estimate of drug-likeness (QED) is 0.572. The fourth-order valence-corrected chi connectivity index (χ4v) is 3.46. The summed E-state index contributed by atoms with van der Waals surface area (Å²) < 4.78 is 39.1. The fraction of sp³-hybridized carbons (Fsp3) is 0.550. The number of fused-ring (bicyclic) bond motifs is 1. The Morgan fingerprint density at radius 3 is 1.89 bits per heavy atom. The summed E-state index contributed by atoms with van der Waals surface area (Å²) in [6.07, 6.45) is 2.17. The van der Waals surface area contributed by atoms with E-state index in [1.807, 2.05) is 0 Å². The third kappa shape index (κ3) is 7.05. The van der Waals surface area contributed by atoms with Crippen LogP contribution in [0.15, 0.2) is 6.07 Å². The van der Waals surface area contributed by atoms with Gasteiger partial charge in [-0.1, -0.05) is 13.8 Å². The van der Waals surface area contributed by atoms with Crippen LogP contribution in [-0.4, -0.2) is 33.0 Å². The normalized spacial score (nSPS) is 17.0. The van der Waals surface area contributed by atoms with Crippen LogP contribution in [-0.2, 0) is 31.3 Å². The van der Waals surface area contributed by atoms with Gasteiger partial charge in [0.15, 0.2) is 11.5 Å². The van der Waals surface area contributed by atoms with Crippen LogP contribution in [0.1, 0.15) is 49.7 Å². The first kappa shape index (κ1) is 31.0. The van der Waals surface area contributed by atoms with Crippen LogP contribution in [0.3, 0.4) is 0 Å². The summed E-state index contributed by atoms with van der Waals surface area (Å²) >= 11 is 0. The Balaban J connectivity index is -0.000000815. The molecule has 0 saturated carbocycles. The maximum Gasteiger partial charge on any atom is 0 e. The molecule has 1 aromatic rings. The molecule has 0 amide bonds. The molecular formula is C20H26CrO7. The molecule has 1 aliphatic rings. The maximum atomic E-state index is 9.55. The average molecular weight is 430 g/mol. The van der Waals surface area contributed by atoms with Crippen LogP contribution in [0.25, 0.3) is 0 Å². The van der Waals surface area contributed by atoms with E-state index in [0.29, 0.717) is 23.3 Å². The van der Waals surface area contributed by atoms with Gasteiger partial charge in [-0.05, 0) is 42.2 Å². The second-order valence-electron chi connectivity index (χ2n) is 5.89. The van der Waals surface area contributed by atoms with Gasteiger partial charge in [0.1, 0.15) is 0 Å². The van der Waals surface area contributed by atoms with Crippen LogP contribution in [0.4, 0.5) is 0 Å². The summed E-state index contributed by atoms with van der Waals surface area (Å²) in [5.41, 5.74) is 2.43. The van der Waals surface area contributed by atoms with Gasteiger partial charge in [0, 0.05) is 29.5 Å². The van der Waals surface area contributed by atoms with Crippen LogP contribution < -0.4 is 14.2 Å². The molecule has 0 aromatic heterocycles. The first-order valence-corrected chi connectivity index (χ1v) is 8.13. The molecule has 0 unspecified atom stereocenters. The van der Waals surface area contributed by atoms with E-state index in [9.17, 15) is 5.11 Å². The zero-order valence-corrected chi connectivity index (χ0v) is 18.0. The van der Waals surface area contributed by atoms with Gasteiger partial charge in [0.05, 0.1) is 21.3 Å². The Labute approximate surface area is 177 Å². The summed E-state index contributed by atoms with van der Waals surface area (Å²) in [6, 6.07) is 2.06. The molecule has 0 saturated heterocycles. The predicted octanol–water partition coefficient (Wildman–Crippen LogP) is 3.21. The van der Waals surface area contributed by atoms with Crippen LogP contribution in [0, 0.1) is 25.9 Å². The molecule has 7 nitrogen and oxygen atoms in total. The third-order valence-electron chi connectivity index (χ3n) is 4.68. The SMILES string of the molecule is COc1cc2c(c(OC)c1OC)[C@@H](C)CC[C@@H]2[C@@H](C)CO.[C-]#[O+].[C-]#[O+].[C-]#[O+].[Cr]. The first-order valence-electron chi connectivity index (χ1n) is 8.13. The molecule has 3 atom stereocenters. The van der Waals surface area contributed by atoms with E-state index in [0.717, 1.165) is 18.6 Å². The topological polar surface area (TPSA) is 108 Å². The van der Waals surface area contributed by atoms with Crippen molar-refractivity contribution in [3.05, 3.63) is 37.1 Å². The second kappa shape index (κ2) is 17.4. The molecule has 2 rings (SSSR count). The summed E-state index contributed by atoms with van der Waals surface area (Å²) in [6.45, 7) is 18.0. The number of aliphatic hydroxyl groups is 1. The van der Waals surface area contributed by atoms with Crippen molar-refractivity contribution < 1.29 is 50.6 Å². The van der Waals surface area contributed by atoms with E-state index in [2.05, 4.69) is 39.9 Å². The number of methoxy groups -OCH3 is 3. The molecule has 0 radical (unpaired) electrons. The molecule has 1 N–H and O–H groups in total. The Kier molecular flexibility index (Phi) is 19.3. The Morgan fingerprint density at radius 1 is 1.00 bits per heavy atom. The predicted molar refractivity (Wildman–Crippen MR) is 94.5 cm³/mol. The van der Waals surface area contributed by atoms with Crippen LogP contribution >= 0.6 is 0 Å². The molecule has 28 heavy (non-hydrogen) atoms. The Bertz CT molecular complexity index is 611. The summed E-state index contributed by atoms with van der Waals surface area (Å²) in [7, 11) is 4.94. The monoisotopic (exact) mass is 430 g/mol. The van der Waals surface area contributed by atoms with Gasteiger partial charge in [0.2, 0.25) is 5.75 Å². The van der Waals surface area contributed by atoms with Gasteiger partial charge in [-0.3, -0.25) is 0 Å². The van der Waals surface area contributed by atoms with Crippen LogP contribution in [0.2, 0.25) is 0 Å². The average Bonchev–Trinajstić information content (AvgIpc) is 2.76. The van der Waals surface area contributed by atoms with Crippen molar-refractivity contribution in [3.63, 3.8) is 0 Å². The van der Waals surface area contributed by atoms with E-state index >= 15 is 0 Å². The molecular weight excluding hydrogens is 404 g/mol. The van der Waals surface area contributed by atoms with Crippen molar-refractivity contribution in [2.75, 3.05) is 27.9 Å². The number of hydrogen-bond acceptors (Lipinski definition) is 4. The van der Waals surface area contributed by atoms with Crippen LogP contribution in [0.5, 0.6) is 17.2 Å².